The zero-order chi connectivity index (χ0) is 12.1. The number of nitrogens with zero attached hydrogens (tertiary/aromatic N) is 2. The van der Waals surface area contributed by atoms with Gasteiger partial charge in [0.15, 0.2) is 0 Å². The van der Waals surface area contributed by atoms with Crippen LogP contribution in [0.25, 0.3) is 0 Å². The van der Waals surface area contributed by atoms with Crippen LogP contribution < -0.4 is 0 Å². The van der Waals surface area contributed by atoms with E-state index >= 15 is 0 Å². The highest BCUT2D eigenvalue weighted by Crippen LogP contribution is 2.21. The van der Waals surface area contributed by atoms with Crippen LogP contribution in [0.5, 0.6) is 0 Å². The van der Waals surface area contributed by atoms with Crippen molar-refractivity contribution in [2.75, 3.05) is 6.61 Å². The molecule has 7 heteroatoms. The number of hydrogen-bond donors (Lipinski definition) is 0. The van der Waals surface area contributed by atoms with E-state index in [0.717, 1.165) is 5.76 Å². The summed E-state index contributed by atoms with van der Waals surface area (Å²) in [5, 5.41) is 7.62. The largest absolute Gasteiger partial charge is 0.468 e. The van der Waals surface area contributed by atoms with Crippen molar-refractivity contribution in [2.24, 2.45) is 0 Å². The first kappa shape index (κ1) is 11.7. The molecule has 0 amide bonds. The maximum Gasteiger partial charge on any atom is 0.396 e. The van der Waals surface area contributed by atoms with Crippen LogP contribution in [0.15, 0.2) is 32.5 Å². The molecule has 90 valence electrons. The molecule has 0 unspecified atom stereocenters. The van der Waals surface area contributed by atoms with Crippen molar-refractivity contribution in [3.05, 3.63) is 30.0 Å². The Bertz CT molecular complexity index is 480. The molecule has 17 heavy (non-hydrogen) atoms. The molecule has 0 aliphatic rings. The minimum atomic E-state index is -0.607. The Morgan fingerprint density at radius 2 is 2.41 bits per heavy atom. The number of carbonyl (C=O) groups is 1. The molecule has 0 aromatic carbocycles. The molecular weight excluding hydrogens is 244 g/mol. The van der Waals surface area contributed by atoms with Gasteiger partial charge in [-0.05, 0) is 19.1 Å². The molecule has 6 nitrogen and oxygen atoms in total. The highest BCUT2D eigenvalue weighted by Gasteiger charge is 2.16. The van der Waals surface area contributed by atoms with E-state index in [1.807, 2.05) is 6.07 Å². The van der Waals surface area contributed by atoms with Crippen molar-refractivity contribution in [1.29, 1.82) is 0 Å². The standard InChI is InChI=1S/C10H10N2O4S/c1-2-14-9(13)8-11-12-10(16-8)17-6-7-4-3-5-15-7/h3-5H,2,6H2,1H3. The van der Waals surface area contributed by atoms with Crippen molar-refractivity contribution in [3.8, 4) is 0 Å². The first-order valence-corrected chi connectivity index (χ1v) is 5.94. The molecular formula is C10H10N2O4S. The number of thioether (sulfide) groups is 1. The van der Waals surface area contributed by atoms with Crippen molar-refractivity contribution < 1.29 is 18.4 Å². The second-order valence-electron chi connectivity index (χ2n) is 2.96. The van der Waals surface area contributed by atoms with E-state index in [-0.39, 0.29) is 12.5 Å². The zero-order valence-corrected chi connectivity index (χ0v) is 9.90. The fourth-order valence-corrected chi connectivity index (χ4v) is 1.74. The van der Waals surface area contributed by atoms with Crippen LogP contribution in [-0.4, -0.2) is 22.8 Å². The highest BCUT2D eigenvalue weighted by atomic mass is 32.2. The Labute approximate surface area is 101 Å². The number of rotatable bonds is 5. The number of aromatic nitrogens is 2. The Balaban J connectivity index is 1.92. The van der Waals surface area contributed by atoms with Crippen LogP contribution >= 0.6 is 11.8 Å². The average molecular weight is 254 g/mol. The van der Waals surface area contributed by atoms with Gasteiger partial charge in [-0.25, -0.2) is 4.79 Å². The van der Waals surface area contributed by atoms with Gasteiger partial charge in [0.2, 0.25) is 0 Å². The summed E-state index contributed by atoms with van der Waals surface area (Å²) in [6, 6.07) is 3.64. The summed E-state index contributed by atoms with van der Waals surface area (Å²) < 4.78 is 15.0. The van der Waals surface area contributed by atoms with Gasteiger partial charge in [-0.2, -0.15) is 0 Å². The van der Waals surface area contributed by atoms with Gasteiger partial charge in [-0.15, -0.1) is 5.10 Å². The first-order chi connectivity index (χ1) is 8.29. The summed E-state index contributed by atoms with van der Waals surface area (Å²) in [5.41, 5.74) is 0. The van der Waals surface area contributed by atoms with Crippen molar-refractivity contribution >= 4 is 17.7 Å². The van der Waals surface area contributed by atoms with Crippen LogP contribution in [0, 0.1) is 0 Å². The predicted molar refractivity (Wildman–Crippen MR) is 58.5 cm³/mol. The number of furan rings is 1. The topological polar surface area (TPSA) is 78.4 Å². The normalized spacial score (nSPS) is 10.4. The number of hydrogen-bond acceptors (Lipinski definition) is 7. The Kier molecular flexibility index (Phi) is 3.81. The van der Waals surface area contributed by atoms with Crippen molar-refractivity contribution in [1.82, 2.24) is 10.2 Å². The second kappa shape index (κ2) is 5.53. The third-order valence-electron chi connectivity index (χ3n) is 1.77. The quantitative estimate of drug-likeness (QED) is 0.597. The van der Waals surface area contributed by atoms with Crippen molar-refractivity contribution in [2.45, 2.75) is 17.9 Å². The lowest BCUT2D eigenvalue weighted by Crippen LogP contribution is -2.04. The van der Waals surface area contributed by atoms with Gasteiger partial charge in [0.1, 0.15) is 5.76 Å². The fourth-order valence-electron chi connectivity index (χ4n) is 1.07. The van der Waals surface area contributed by atoms with Crippen LogP contribution in [0.2, 0.25) is 0 Å². The monoisotopic (exact) mass is 254 g/mol. The molecule has 2 aromatic heterocycles. The number of carbonyl (C=O) groups excluding carboxylic acids is 1. The number of esters is 1. The SMILES string of the molecule is CCOC(=O)c1nnc(SCc2ccco2)o1. The summed E-state index contributed by atoms with van der Waals surface area (Å²) >= 11 is 1.29. The van der Waals surface area contributed by atoms with Crippen LogP contribution in [-0.2, 0) is 10.5 Å². The molecule has 0 aliphatic carbocycles. The lowest BCUT2D eigenvalue weighted by molar-refractivity contribution is 0.0475. The summed E-state index contributed by atoms with van der Waals surface area (Å²) in [5.74, 6) is 0.627. The molecule has 0 fully saturated rings. The first-order valence-electron chi connectivity index (χ1n) is 4.95. The summed E-state index contributed by atoms with van der Waals surface area (Å²) in [7, 11) is 0. The average Bonchev–Trinajstić information content (AvgIpc) is 2.98. The molecule has 2 rings (SSSR count). The lowest BCUT2D eigenvalue weighted by Gasteiger charge is -1.94. The number of ether oxygens (including phenoxy) is 1. The molecule has 0 saturated carbocycles. The highest BCUT2D eigenvalue weighted by molar-refractivity contribution is 7.98. The lowest BCUT2D eigenvalue weighted by atomic mass is 10.5. The van der Waals surface area contributed by atoms with Crippen LogP contribution in [0.1, 0.15) is 23.4 Å². The molecule has 2 heterocycles. The van der Waals surface area contributed by atoms with Gasteiger partial charge in [-0.3, -0.25) is 0 Å². The van der Waals surface area contributed by atoms with E-state index in [1.165, 1.54) is 11.8 Å². The van der Waals surface area contributed by atoms with E-state index in [2.05, 4.69) is 10.2 Å². The Morgan fingerprint density at radius 1 is 1.53 bits per heavy atom. The smallest absolute Gasteiger partial charge is 0.396 e. The van der Waals surface area contributed by atoms with Gasteiger partial charge in [0.05, 0.1) is 18.6 Å². The molecule has 0 atom stereocenters. The van der Waals surface area contributed by atoms with Gasteiger partial charge in [0.25, 0.3) is 5.22 Å². The summed E-state index contributed by atoms with van der Waals surface area (Å²) in [6.45, 7) is 1.98. The van der Waals surface area contributed by atoms with Crippen LogP contribution in [0.4, 0.5) is 0 Å². The minimum absolute atomic E-state index is 0.131. The van der Waals surface area contributed by atoms with Gasteiger partial charge < -0.3 is 13.6 Å². The summed E-state index contributed by atoms with van der Waals surface area (Å²) in [6.07, 6.45) is 1.59. The maximum atomic E-state index is 11.2. The molecule has 0 spiro atoms. The second-order valence-corrected chi connectivity index (χ2v) is 3.89. The summed E-state index contributed by atoms with van der Waals surface area (Å²) in [4.78, 5) is 11.2. The molecule has 0 radical (unpaired) electrons. The third-order valence-corrected chi connectivity index (χ3v) is 2.62. The zero-order valence-electron chi connectivity index (χ0n) is 9.08. The molecule has 0 N–H and O–H groups in total. The van der Waals surface area contributed by atoms with Crippen LogP contribution in [0.3, 0.4) is 0 Å². The van der Waals surface area contributed by atoms with Crippen molar-refractivity contribution in [3.63, 3.8) is 0 Å². The molecule has 2 aromatic rings. The van der Waals surface area contributed by atoms with E-state index in [9.17, 15) is 4.79 Å². The van der Waals surface area contributed by atoms with E-state index in [1.54, 1.807) is 19.3 Å². The Hall–Kier alpha value is -1.76. The van der Waals surface area contributed by atoms with Gasteiger partial charge >= 0.3 is 11.9 Å². The maximum absolute atomic E-state index is 11.2. The van der Waals surface area contributed by atoms with E-state index < -0.39 is 5.97 Å². The van der Waals surface area contributed by atoms with E-state index in [4.69, 9.17) is 13.6 Å². The van der Waals surface area contributed by atoms with Gasteiger partial charge in [-0.1, -0.05) is 16.9 Å². The predicted octanol–water partition coefficient (Wildman–Crippen LogP) is 2.13. The third kappa shape index (κ3) is 3.10. The molecule has 0 saturated heterocycles. The fraction of sp³-hybridized carbons (Fsp3) is 0.300. The molecule has 0 bridgehead atoms. The van der Waals surface area contributed by atoms with E-state index in [0.29, 0.717) is 11.0 Å². The minimum Gasteiger partial charge on any atom is -0.468 e. The Morgan fingerprint density at radius 3 is 3.12 bits per heavy atom. The molecule has 0 aliphatic heterocycles. The van der Waals surface area contributed by atoms with Gasteiger partial charge in [0, 0.05) is 0 Å².